The van der Waals surface area contributed by atoms with Gasteiger partial charge in [-0.25, -0.2) is 0 Å². The summed E-state index contributed by atoms with van der Waals surface area (Å²) in [5, 5.41) is 4.22. The zero-order chi connectivity index (χ0) is 21.1. The van der Waals surface area contributed by atoms with Crippen molar-refractivity contribution in [2.45, 2.75) is 0 Å². The van der Waals surface area contributed by atoms with E-state index in [9.17, 15) is 14.4 Å². The van der Waals surface area contributed by atoms with E-state index in [1.54, 1.807) is 43.5 Å². The average Bonchev–Trinajstić information content (AvgIpc) is 3.02. The Morgan fingerprint density at radius 2 is 1.77 bits per heavy atom. The van der Waals surface area contributed by atoms with Gasteiger partial charge in [-0.1, -0.05) is 48.5 Å². The minimum absolute atomic E-state index is 0.281. The lowest BCUT2D eigenvalue weighted by Crippen LogP contribution is -2.36. The molecular weight excluding hydrogens is 400 g/mol. The van der Waals surface area contributed by atoms with Gasteiger partial charge in [0.25, 0.3) is 11.1 Å². The normalized spacial score (nSPS) is 15.1. The first-order valence-electron chi connectivity index (χ1n) is 9.22. The van der Waals surface area contributed by atoms with E-state index in [2.05, 4.69) is 5.32 Å². The Morgan fingerprint density at radius 3 is 2.53 bits per heavy atom. The summed E-state index contributed by atoms with van der Waals surface area (Å²) in [6.45, 7) is -0.339. The van der Waals surface area contributed by atoms with Gasteiger partial charge in [-0.3, -0.25) is 19.3 Å². The zero-order valence-electron chi connectivity index (χ0n) is 16.1. The third-order valence-corrected chi connectivity index (χ3v) is 5.56. The first kappa shape index (κ1) is 19.7. The summed E-state index contributed by atoms with van der Waals surface area (Å²) in [6.07, 6.45) is 1.63. The molecule has 1 aliphatic rings. The highest BCUT2D eigenvalue weighted by Gasteiger charge is 2.36. The molecule has 30 heavy (non-hydrogen) atoms. The summed E-state index contributed by atoms with van der Waals surface area (Å²) in [5.74, 6) is -0.210. The van der Waals surface area contributed by atoms with Crippen molar-refractivity contribution in [1.82, 2.24) is 4.90 Å². The molecule has 0 unspecified atom stereocenters. The van der Waals surface area contributed by atoms with Crippen LogP contribution in [0.1, 0.15) is 5.56 Å². The van der Waals surface area contributed by atoms with Crippen LogP contribution in [0.15, 0.2) is 71.6 Å². The minimum atomic E-state index is -0.478. The van der Waals surface area contributed by atoms with Crippen LogP contribution in [0.2, 0.25) is 0 Å². The average molecular weight is 418 g/mol. The number of anilines is 1. The van der Waals surface area contributed by atoms with Crippen molar-refractivity contribution < 1.29 is 19.1 Å². The molecule has 7 heteroatoms. The molecule has 0 aliphatic carbocycles. The van der Waals surface area contributed by atoms with Crippen LogP contribution >= 0.6 is 11.8 Å². The van der Waals surface area contributed by atoms with Gasteiger partial charge in [-0.2, -0.15) is 0 Å². The van der Waals surface area contributed by atoms with E-state index in [4.69, 9.17) is 4.74 Å². The zero-order valence-corrected chi connectivity index (χ0v) is 16.9. The molecule has 0 atom stereocenters. The molecule has 1 saturated heterocycles. The maximum atomic E-state index is 12.7. The molecule has 1 fully saturated rings. The van der Waals surface area contributed by atoms with E-state index in [-0.39, 0.29) is 11.4 Å². The van der Waals surface area contributed by atoms with Gasteiger partial charge in [-0.15, -0.1) is 0 Å². The van der Waals surface area contributed by atoms with Crippen molar-refractivity contribution in [3.63, 3.8) is 0 Å². The number of nitrogens with zero attached hydrogens (tertiary/aromatic N) is 1. The Bertz CT molecular complexity index is 1170. The summed E-state index contributed by atoms with van der Waals surface area (Å²) in [4.78, 5) is 38.7. The van der Waals surface area contributed by atoms with Crippen molar-refractivity contribution in [2.24, 2.45) is 0 Å². The maximum absolute atomic E-state index is 12.7. The standard InChI is InChI=1S/C23H18N2O4S/c1-29-17-11-9-15(10-12-17)13-20-22(27)25(23(28)30-20)14-21(26)24-19-8-4-6-16-5-2-3-7-18(16)19/h2-13H,14H2,1H3,(H,24,26). The fourth-order valence-corrected chi connectivity index (χ4v) is 3.99. The lowest BCUT2D eigenvalue weighted by atomic mass is 10.1. The Morgan fingerprint density at radius 1 is 1.03 bits per heavy atom. The Kier molecular flexibility index (Phi) is 5.54. The van der Waals surface area contributed by atoms with Crippen LogP contribution < -0.4 is 10.1 Å². The van der Waals surface area contributed by atoms with E-state index in [1.165, 1.54) is 0 Å². The lowest BCUT2D eigenvalue weighted by molar-refractivity contribution is -0.127. The largest absolute Gasteiger partial charge is 0.497 e. The fraction of sp³-hybridized carbons (Fsp3) is 0.0870. The second kappa shape index (κ2) is 8.42. The van der Waals surface area contributed by atoms with Gasteiger partial charge >= 0.3 is 0 Å². The van der Waals surface area contributed by atoms with Gasteiger partial charge < -0.3 is 10.1 Å². The second-order valence-electron chi connectivity index (χ2n) is 6.62. The van der Waals surface area contributed by atoms with Crippen molar-refractivity contribution in [2.75, 3.05) is 19.0 Å². The fourth-order valence-electron chi connectivity index (χ4n) is 3.16. The number of nitrogens with one attached hydrogen (secondary N) is 1. The number of methoxy groups -OCH3 is 1. The topological polar surface area (TPSA) is 75.7 Å². The van der Waals surface area contributed by atoms with Crippen LogP contribution in [0.4, 0.5) is 10.5 Å². The highest BCUT2D eigenvalue weighted by Crippen LogP contribution is 2.32. The molecule has 1 aliphatic heterocycles. The number of fused-ring (bicyclic) bond motifs is 1. The van der Waals surface area contributed by atoms with E-state index in [0.29, 0.717) is 11.4 Å². The summed E-state index contributed by atoms with van der Waals surface area (Å²) >= 11 is 0.825. The first-order chi connectivity index (χ1) is 14.5. The maximum Gasteiger partial charge on any atom is 0.294 e. The lowest BCUT2D eigenvalue weighted by Gasteiger charge is -2.13. The molecular formula is C23H18N2O4S. The van der Waals surface area contributed by atoms with Crippen LogP contribution in [0, 0.1) is 0 Å². The Hall–Kier alpha value is -3.58. The van der Waals surface area contributed by atoms with Crippen molar-refractivity contribution >= 4 is 51.4 Å². The molecule has 150 valence electrons. The number of rotatable bonds is 5. The highest BCUT2D eigenvalue weighted by atomic mass is 32.2. The molecule has 0 aromatic heterocycles. The number of hydrogen-bond donors (Lipinski definition) is 1. The number of ether oxygens (including phenoxy) is 1. The molecule has 4 rings (SSSR count). The SMILES string of the molecule is COc1ccc(C=C2SC(=O)N(CC(=O)Nc3cccc4ccccc34)C2=O)cc1. The van der Waals surface area contributed by atoms with Gasteiger partial charge in [0.1, 0.15) is 12.3 Å². The van der Waals surface area contributed by atoms with Crippen LogP contribution in [0.5, 0.6) is 5.75 Å². The smallest absolute Gasteiger partial charge is 0.294 e. The number of thioether (sulfide) groups is 1. The number of carbonyl (C=O) groups excluding carboxylic acids is 3. The first-order valence-corrected chi connectivity index (χ1v) is 10.0. The van der Waals surface area contributed by atoms with Gasteiger partial charge in [-0.05, 0) is 47.0 Å². The number of amides is 3. The van der Waals surface area contributed by atoms with Crippen LogP contribution in [-0.4, -0.2) is 35.6 Å². The third kappa shape index (κ3) is 4.06. The van der Waals surface area contributed by atoms with Crippen LogP contribution in [-0.2, 0) is 9.59 Å². The molecule has 3 aromatic carbocycles. The highest BCUT2D eigenvalue weighted by molar-refractivity contribution is 8.18. The summed E-state index contributed by atoms with van der Waals surface area (Å²) in [7, 11) is 1.57. The van der Waals surface area contributed by atoms with E-state index >= 15 is 0 Å². The molecule has 6 nitrogen and oxygen atoms in total. The van der Waals surface area contributed by atoms with E-state index < -0.39 is 17.1 Å². The molecule has 0 bridgehead atoms. The van der Waals surface area contributed by atoms with Crippen LogP contribution in [0.3, 0.4) is 0 Å². The minimum Gasteiger partial charge on any atom is -0.497 e. The second-order valence-corrected chi connectivity index (χ2v) is 7.61. The number of imide groups is 1. The molecule has 0 saturated carbocycles. The van der Waals surface area contributed by atoms with Crippen molar-refractivity contribution in [3.05, 3.63) is 77.2 Å². The van der Waals surface area contributed by atoms with Gasteiger partial charge in [0, 0.05) is 11.1 Å². The molecule has 0 radical (unpaired) electrons. The molecule has 3 amide bonds. The Balaban J connectivity index is 1.47. The van der Waals surface area contributed by atoms with Gasteiger partial charge in [0.2, 0.25) is 5.91 Å². The monoisotopic (exact) mass is 418 g/mol. The summed E-state index contributed by atoms with van der Waals surface area (Å²) in [5.41, 5.74) is 1.40. The molecule has 0 spiro atoms. The Labute approximate surface area is 177 Å². The summed E-state index contributed by atoms with van der Waals surface area (Å²) < 4.78 is 5.11. The predicted molar refractivity (Wildman–Crippen MR) is 118 cm³/mol. The van der Waals surface area contributed by atoms with Crippen molar-refractivity contribution in [3.8, 4) is 5.75 Å². The van der Waals surface area contributed by atoms with Gasteiger partial charge in [0.05, 0.1) is 12.0 Å². The number of carbonyl (C=O) groups is 3. The van der Waals surface area contributed by atoms with E-state index in [1.807, 2.05) is 36.4 Å². The predicted octanol–water partition coefficient (Wildman–Crippen LogP) is 4.52. The van der Waals surface area contributed by atoms with Crippen molar-refractivity contribution in [1.29, 1.82) is 0 Å². The summed E-state index contributed by atoms with van der Waals surface area (Å²) in [6, 6.07) is 20.4. The van der Waals surface area contributed by atoms with E-state index in [0.717, 1.165) is 33.0 Å². The van der Waals surface area contributed by atoms with Crippen LogP contribution in [0.25, 0.3) is 16.8 Å². The number of hydrogen-bond acceptors (Lipinski definition) is 5. The third-order valence-electron chi connectivity index (χ3n) is 4.65. The van der Waals surface area contributed by atoms with Gasteiger partial charge in [0.15, 0.2) is 0 Å². The molecule has 1 heterocycles. The quantitative estimate of drug-likeness (QED) is 0.617. The number of benzene rings is 3. The molecule has 1 N–H and O–H groups in total. The molecule has 3 aromatic rings.